The van der Waals surface area contributed by atoms with Gasteiger partial charge in [0.2, 0.25) is 10.0 Å². The van der Waals surface area contributed by atoms with Gasteiger partial charge < -0.3 is 9.47 Å². The average Bonchev–Trinajstić information content (AvgIpc) is 3.04. The maximum atomic E-state index is 12.1. The van der Waals surface area contributed by atoms with Gasteiger partial charge in [-0.15, -0.1) is 0 Å². The average molecular weight is 403 g/mol. The molecule has 8 heteroatoms. The van der Waals surface area contributed by atoms with Crippen LogP contribution >= 0.6 is 0 Å². The molecule has 1 heterocycles. The molecule has 1 aliphatic heterocycles. The largest absolute Gasteiger partial charge is 0.489 e. The second-order valence-electron chi connectivity index (χ2n) is 6.33. The second-order valence-corrected chi connectivity index (χ2v) is 8.34. The molecule has 3 rings (SSSR count). The molecular formula is C20H21NO6S. The lowest BCUT2D eigenvalue weighted by Crippen LogP contribution is -2.25. The van der Waals surface area contributed by atoms with Crippen molar-refractivity contribution in [1.82, 2.24) is 0 Å². The van der Waals surface area contributed by atoms with Crippen LogP contribution in [0.15, 0.2) is 48.5 Å². The number of Topliss-reactive ketones (excluding diaryl/α,β-unsaturated/α-hetero) is 1. The molecular weight excluding hydrogens is 382 g/mol. The van der Waals surface area contributed by atoms with Crippen LogP contribution < -0.4 is 9.04 Å². The maximum Gasteiger partial charge on any atom is 0.338 e. The molecule has 0 N–H and O–H groups in total. The molecule has 1 aliphatic rings. The minimum Gasteiger partial charge on any atom is -0.489 e. The predicted molar refractivity (Wildman–Crippen MR) is 104 cm³/mol. The van der Waals surface area contributed by atoms with E-state index < -0.39 is 16.0 Å². The normalized spacial score (nSPS) is 15.2. The Morgan fingerprint density at radius 2 is 1.75 bits per heavy atom. The summed E-state index contributed by atoms with van der Waals surface area (Å²) in [6.45, 7) is 2.04. The van der Waals surface area contributed by atoms with Crippen molar-refractivity contribution in [3.8, 4) is 5.75 Å². The van der Waals surface area contributed by atoms with Crippen LogP contribution in [0.1, 0.15) is 34.1 Å². The summed E-state index contributed by atoms with van der Waals surface area (Å²) < 4.78 is 35.9. The van der Waals surface area contributed by atoms with Crippen LogP contribution in [0, 0.1) is 0 Å². The highest BCUT2D eigenvalue weighted by Gasteiger charge is 2.28. The van der Waals surface area contributed by atoms with Gasteiger partial charge >= 0.3 is 5.97 Å². The zero-order valence-electron chi connectivity index (χ0n) is 15.5. The van der Waals surface area contributed by atoms with Crippen molar-refractivity contribution in [3.63, 3.8) is 0 Å². The van der Waals surface area contributed by atoms with Crippen molar-refractivity contribution in [2.45, 2.75) is 13.3 Å². The molecule has 0 amide bonds. The number of anilines is 1. The number of hydrogen-bond acceptors (Lipinski definition) is 6. The number of ketones is 1. The first-order valence-electron chi connectivity index (χ1n) is 8.89. The van der Waals surface area contributed by atoms with E-state index in [0.29, 0.717) is 35.5 Å². The Balaban J connectivity index is 1.52. The Bertz CT molecular complexity index is 968. The van der Waals surface area contributed by atoms with E-state index in [2.05, 4.69) is 0 Å². The van der Waals surface area contributed by atoms with Crippen LogP contribution in [0.2, 0.25) is 0 Å². The van der Waals surface area contributed by atoms with Crippen molar-refractivity contribution in [1.29, 1.82) is 0 Å². The highest BCUT2D eigenvalue weighted by Crippen LogP contribution is 2.24. The smallest absolute Gasteiger partial charge is 0.338 e. The Kier molecular flexibility index (Phi) is 5.99. The molecule has 0 unspecified atom stereocenters. The fourth-order valence-corrected chi connectivity index (χ4v) is 4.51. The molecule has 0 aromatic heterocycles. The van der Waals surface area contributed by atoms with Crippen molar-refractivity contribution in [3.05, 3.63) is 59.7 Å². The first kappa shape index (κ1) is 19.9. The molecule has 2 aromatic rings. The third-order valence-electron chi connectivity index (χ3n) is 4.33. The van der Waals surface area contributed by atoms with Gasteiger partial charge in [-0.2, -0.15) is 0 Å². The number of carbonyl (C=O) groups is 2. The van der Waals surface area contributed by atoms with Gasteiger partial charge in [-0.3, -0.25) is 9.10 Å². The van der Waals surface area contributed by atoms with Crippen LogP contribution in [0.5, 0.6) is 5.75 Å². The molecule has 2 aromatic carbocycles. The zero-order chi connectivity index (χ0) is 20.1. The van der Waals surface area contributed by atoms with Gasteiger partial charge in [0.1, 0.15) is 19.0 Å². The summed E-state index contributed by atoms with van der Waals surface area (Å²) in [5.74, 6) is -0.0435. The van der Waals surface area contributed by atoms with E-state index in [1.165, 1.54) is 23.4 Å². The summed E-state index contributed by atoms with van der Waals surface area (Å²) >= 11 is 0. The first-order valence-corrected chi connectivity index (χ1v) is 10.5. The highest BCUT2D eigenvalue weighted by atomic mass is 32.2. The van der Waals surface area contributed by atoms with Crippen LogP contribution in [-0.4, -0.2) is 45.7 Å². The van der Waals surface area contributed by atoms with Crippen molar-refractivity contribution in [2.24, 2.45) is 0 Å². The van der Waals surface area contributed by atoms with Crippen LogP contribution in [0.3, 0.4) is 0 Å². The minimum absolute atomic E-state index is 0.0212. The van der Waals surface area contributed by atoms with E-state index in [9.17, 15) is 18.0 Å². The highest BCUT2D eigenvalue weighted by molar-refractivity contribution is 7.93. The fraction of sp³-hybridized carbons (Fsp3) is 0.300. The van der Waals surface area contributed by atoms with Gasteiger partial charge in [-0.25, -0.2) is 13.2 Å². The molecule has 0 bridgehead atoms. The number of hydrogen-bond donors (Lipinski definition) is 0. The lowest BCUT2D eigenvalue weighted by Gasteiger charge is -2.17. The fourth-order valence-electron chi connectivity index (χ4n) is 2.95. The summed E-state index contributed by atoms with van der Waals surface area (Å²) in [6, 6.07) is 13.1. The molecule has 28 heavy (non-hydrogen) atoms. The quantitative estimate of drug-likeness (QED) is 0.401. The molecule has 0 radical (unpaired) electrons. The van der Waals surface area contributed by atoms with Gasteiger partial charge in [0.15, 0.2) is 5.78 Å². The van der Waals surface area contributed by atoms with Crippen molar-refractivity contribution in [2.75, 3.05) is 29.8 Å². The molecule has 1 saturated heterocycles. The van der Waals surface area contributed by atoms with Crippen molar-refractivity contribution < 1.29 is 27.5 Å². The lowest BCUT2D eigenvalue weighted by molar-refractivity contribution is 0.0449. The monoisotopic (exact) mass is 403 g/mol. The summed E-state index contributed by atoms with van der Waals surface area (Å²) in [5.41, 5.74) is 1.34. The molecule has 148 valence electrons. The third-order valence-corrected chi connectivity index (χ3v) is 6.20. The number of nitrogens with zero attached hydrogens (tertiary/aromatic N) is 1. The Labute approximate surface area is 163 Å². The third kappa shape index (κ3) is 4.51. The SMILES string of the molecule is CC(=O)c1ccccc1OCCOC(=O)c1ccc(N2CCCS2(=O)=O)cc1. The van der Waals surface area contributed by atoms with E-state index in [1.807, 2.05) is 0 Å². The van der Waals surface area contributed by atoms with E-state index in [4.69, 9.17) is 9.47 Å². The number of carbonyl (C=O) groups excluding carboxylic acids is 2. The van der Waals surface area contributed by atoms with Crippen LogP contribution in [-0.2, 0) is 14.8 Å². The number of esters is 1. The summed E-state index contributed by atoms with van der Waals surface area (Å²) in [6.07, 6.45) is 0.596. The summed E-state index contributed by atoms with van der Waals surface area (Å²) in [5, 5.41) is 0. The van der Waals surface area contributed by atoms with Gasteiger partial charge in [0.25, 0.3) is 0 Å². The maximum absolute atomic E-state index is 12.1. The number of rotatable bonds is 7. The Morgan fingerprint density at radius 1 is 1.04 bits per heavy atom. The van der Waals surface area contributed by atoms with Gasteiger partial charge in [0, 0.05) is 6.54 Å². The van der Waals surface area contributed by atoms with E-state index in [-0.39, 0.29) is 24.7 Å². The van der Waals surface area contributed by atoms with Gasteiger partial charge in [0.05, 0.1) is 22.6 Å². The van der Waals surface area contributed by atoms with E-state index in [1.54, 1.807) is 36.4 Å². The second kappa shape index (κ2) is 8.43. The lowest BCUT2D eigenvalue weighted by atomic mass is 10.1. The molecule has 0 saturated carbocycles. The Morgan fingerprint density at radius 3 is 2.39 bits per heavy atom. The number of sulfonamides is 1. The first-order chi connectivity index (χ1) is 13.4. The van der Waals surface area contributed by atoms with Crippen LogP contribution in [0.4, 0.5) is 5.69 Å². The molecule has 7 nitrogen and oxygen atoms in total. The van der Waals surface area contributed by atoms with Crippen molar-refractivity contribution >= 4 is 27.5 Å². The van der Waals surface area contributed by atoms with Crippen LogP contribution in [0.25, 0.3) is 0 Å². The summed E-state index contributed by atoms with van der Waals surface area (Å²) in [7, 11) is -3.25. The van der Waals surface area contributed by atoms with Gasteiger partial charge in [-0.05, 0) is 49.7 Å². The molecule has 0 spiro atoms. The predicted octanol–water partition coefficient (Wildman–Crippen LogP) is 2.66. The topological polar surface area (TPSA) is 90.0 Å². The number of benzene rings is 2. The zero-order valence-corrected chi connectivity index (χ0v) is 16.3. The Hall–Kier alpha value is -2.87. The van der Waals surface area contributed by atoms with E-state index >= 15 is 0 Å². The van der Waals surface area contributed by atoms with E-state index in [0.717, 1.165) is 0 Å². The molecule has 0 atom stereocenters. The summed E-state index contributed by atoms with van der Waals surface area (Å²) in [4.78, 5) is 23.7. The number of para-hydroxylation sites is 1. The number of ether oxygens (including phenoxy) is 2. The van der Waals surface area contributed by atoms with Gasteiger partial charge in [-0.1, -0.05) is 12.1 Å². The minimum atomic E-state index is -3.25. The molecule has 0 aliphatic carbocycles. The standard InChI is InChI=1S/C20H21NO6S/c1-15(22)18-5-2-3-6-19(18)26-12-13-27-20(23)16-7-9-17(10-8-16)21-11-4-14-28(21,24)25/h2-3,5-10H,4,11-14H2,1H3. The molecule has 1 fully saturated rings.